The first-order chi connectivity index (χ1) is 10.3. The first-order valence-corrected chi connectivity index (χ1v) is 8.13. The number of amides is 2. The predicted octanol–water partition coefficient (Wildman–Crippen LogP) is 3.85. The first-order valence-electron chi connectivity index (χ1n) is 7.25. The molecule has 1 atom stereocenters. The van der Waals surface area contributed by atoms with Crippen LogP contribution in [0.3, 0.4) is 0 Å². The number of aryl methyl sites for hydroxylation is 1. The number of thiophene rings is 1. The van der Waals surface area contributed by atoms with E-state index in [1.807, 2.05) is 12.1 Å². The summed E-state index contributed by atoms with van der Waals surface area (Å²) in [5, 5.41) is 8.18. The van der Waals surface area contributed by atoms with Gasteiger partial charge in [-0.1, -0.05) is 30.3 Å². The van der Waals surface area contributed by atoms with Gasteiger partial charge in [-0.2, -0.15) is 0 Å². The van der Waals surface area contributed by atoms with Gasteiger partial charge in [-0.3, -0.25) is 0 Å². The van der Waals surface area contributed by atoms with Crippen molar-refractivity contribution in [3.8, 4) is 0 Å². The maximum atomic E-state index is 12.1. The standard InChI is InChI=1S/C17H16N2OS/c20-17-18-15-12-7-2-1-5-11(12)6-3-8-13(15)16(19-17)14-9-4-10-21-14/h1-2,4-5,7,9-10,16H,3,6,8H2,(H2,18,19,20). The molecule has 4 heteroatoms. The second-order valence-electron chi connectivity index (χ2n) is 5.46. The maximum absolute atomic E-state index is 12.1. The molecule has 4 rings (SSSR count). The van der Waals surface area contributed by atoms with Crippen molar-refractivity contribution < 1.29 is 4.79 Å². The second kappa shape index (κ2) is 5.04. The monoisotopic (exact) mass is 296 g/mol. The molecule has 1 aromatic carbocycles. The Kier molecular flexibility index (Phi) is 3.04. The van der Waals surface area contributed by atoms with E-state index in [-0.39, 0.29) is 12.1 Å². The minimum atomic E-state index is -0.108. The molecule has 2 aliphatic rings. The largest absolute Gasteiger partial charge is 0.326 e. The minimum absolute atomic E-state index is 0.0138. The van der Waals surface area contributed by atoms with Crippen LogP contribution in [-0.2, 0) is 6.42 Å². The van der Waals surface area contributed by atoms with Gasteiger partial charge < -0.3 is 10.6 Å². The van der Waals surface area contributed by atoms with Crippen molar-refractivity contribution in [2.75, 3.05) is 0 Å². The number of benzene rings is 1. The summed E-state index contributed by atoms with van der Waals surface area (Å²) in [5.41, 5.74) is 4.84. The van der Waals surface area contributed by atoms with Gasteiger partial charge in [0, 0.05) is 10.4 Å². The number of carbonyl (C=O) groups excluding carboxylic acids is 1. The number of nitrogens with one attached hydrogen (secondary N) is 2. The third-order valence-electron chi connectivity index (χ3n) is 4.19. The molecule has 1 aliphatic carbocycles. The molecule has 0 bridgehead atoms. The molecular formula is C17H16N2OS. The molecule has 2 amide bonds. The van der Waals surface area contributed by atoms with Gasteiger partial charge in [0.2, 0.25) is 0 Å². The number of urea groups is 1. The molecule has 106 valence electrons. The van der Waals surface area contributed by atoms with Gasteiger partial charge in [0.05, 0.1) is 11.7 Å². The smallest absolute Gasteiger partial charge is 0.320 e. The summed E-state index contributed by atoms with van der Waals surface area (Å²) in [5.74, 6) is 0. The third kappa shape index (κ3) is 2.16. The molecule has 1 aromatic heterocycles. The van der Waals surface area contributed by atoms with Crippen LogP contribution in [0.1, 0.15) is 34.9 Å². The van der Waals surface area contributed by atoms with Crippen LogP contribution in [-0.4, -0.2) is 6.03 Å². The fourth-order valence-electron chi connectivity index (χ4n) is 3.25. The van der Waals surface area contributed by atoms with Gasteiger partial charge in [0.25, 0.3) is 0 Å². The van der Waals surface area contributed by atoms with Gasteiger partial charge in [-0.05, 0) is 41.8 Å². The molecule has 3 nitrogen and oxygen atoms in total. The molecule has 2 N–H and O–H groups in total. The molecular weight excluding hydrogens is 280 g/mol. The van der Waals surface area contributed by atoms with Crippen LogP contribution < -0.4 is 10.6 Å². The second-order valence-corrected chi connectivity index (χ2v) is 6.44. The molecule has 1 aliphatic heterocycles. The van der Waals surface area contributed by atoms with Crippen molar-refractivity contribution in [1.82, 2.24) is 10.6 Å². The average molecular weight is 296 g/mol. The summed E-state index contributed by atoms with van der Waals surface area (Å²) < 4.78 is 0. The van der Waals surface area contributed by atoms with E-state index >= 15 is 0 Å². The molecule has 2 aromatic rings. The van der Waals surface area contributed by atoms with Gasteiger partial charge in [-0.25, -0.2) is 4.79 Å². The molecule has 0 saturated carbocycles. The summed E-state index contributed by atoms with van der Waals surface area (Å²) >= 11 is 1.70. The lowest BCUT2D eigenvalue weighted by Crippen LogP contribution is -2.43. The zero-order valence-corrected chi connectivity index (χ0v) is 12.4. The lowest BCUT2D eigenvalue weighted by molar-refractivity contribution is 0.240. The van der Waals surface area contributed by atoms with Crippen LogP contribution >= 0.6 is 11.3 Å². The minimum Gasteiger partial charge on any atom is -0.326 e. The Bertz CT molecular complexity index is 718. The molecule has 0 spiro atoms. The summed E-state index contributed by atoms with van der Waals surface area (Å²) in [6.45, 7) is 0. The Hall–Kier alpha value is -2.07. The normalized spacial score (nSPS) is 21.0. The van der Waals surface area contributed by atoms with E-state index in [1.54, 1.807) is 11.3 Å². The molecule has 0 saturated heterocycles. The number of carbonyl (C=O) groups is 1. The van der Waals surface area contributed by atoms with Crippen molar-refractivity contribution in [3.05, 3.63) is 63.4 Å². The number of rotatable bonds is 1. The average Bonchev–Trinajstić information content (AvgIpc) is 2.96. The molecule has 2 heterocycles. The van der Waals surface area contributed by atoms with E-state index in [4.69, 9.17) is 0 Å². The SMILES string of the molecule is O=C1NC2=C(CCCc3ccccc32)C(c2cccs2)N1. The lowest BCUT2D eigenvalue weighted by atomic mass is 9.95. The lowest BCUT2D eigenvalue weighted by Gasteiger charge is -2.29. The van der Waals surface area contributed by atoms with Crippen molar-refractivity contribution in [2.45, 2.75) is 25.3 Å². The van der Waals surface area contributed by atoms with E-state index in [0.29, 0.717) is 0 Å². The Labute approximate surface area is 127 Å². The quantitative estimate of drug-likeness (QED) is 0.824. The van der Waals surface area contributed by atoms with Crippen molar-refractivity contribution >= 4 is 23.1 Å². The highest BCUT2D eigenvalue weighted by molar-refractivity contribution is 7.10. The van der Waals surface area contributed by atoms with E-state index in [2.05, 4.69) is 40.3 Å². The Morgan fingerprint density at radius 1 is 1.10 bits per heavy atom. The Morgan fingerprint density at radius 3 is 2.86 bits per heavy atom. The van der Waals surface area contributed by atoms with Crippen LogP contribution in [0, 0.1) is 0 Å². The fourth-order valence-corrected chi connectivity index (χ4v) is 4.06. The van der Waals surface area contributed by atoms with Crippen molar-refractivity contribution in [1.29, 1.82) is 0 Å². The number of hydrogen-bond acceptors (Lipinski definition) is 2. The van der Waals surface area contributed by atoms with Crippen LogP contribution in [0.25, 0.3) is 5.70 Å². The number of hydrogen-bond donors (Lipinski definition) is 2. The summed E-state index contributed by atoms with van der Waals surface area (Å²) in [7, 11) is 0. The highest BCUT2D eigenvalue weighted by Crippen LogP contribution is 2.38. The molecule has 21 heavy (non-hydrogen) atoms. The summed E-state index contributed by atoms with van der Waals surface area (Å²) in [4.78, 5) is 13.3. The highest BCUT2D eigenvalue weighted by Gasteiger charge is 2.31. The zero-order valence-electron chi connectivity index (χ0n) is 11.6. The van der Waals surface area contributed by atoms with Crippen LogP contribution in [0.2, 0.25) is 0 Å². The van der Waals surface area contributed by atoms with Crippen molar-refractivity contribution in [3.63, 3.8) is 0 Å². The topological polar surface area (TPSA) is 41.1 Å². The first kappa shape index (κ1) is 12.7. The van der Waals surface area contributed by atoms with Crippen LogP contribution in [0.15, 0.2) is 47.4 Å². The Balaban J connectivity index is 1.89. The molecule has 0 radical (unpaired) electrons. The van der Waals surface area contributed by atoms with Crippen LogP contribution in [0.4, 0.5) is 4.79 Å². The molecule has 1 unspecified atom stereocenters. The number of fused-ring (bicyclic) bond motifs is 2. The van der Waals surface area contributed by atoms with Crippen LogP contribution in [0.5, 0.6) is 0 Å². The predicted molar refractivity (Wildman–Crippen MR) is 85.0 cm³/mol. The van der Waals surface area contributed by atoms with E-state index in [1.165, 1.54) is 21.6 Å². The van der Waals surface area contributed by atoms with Gasteiger partial charge in [0.1, 0.15) is 0 Å². The third-order valence-corrected chi connectivity index (χ3v) is 5.13. The maximum Gasteiger partial charge on any atom is 0.320 e. The van der Waals surface area contributed by atoms with E-state index in [0.717, 1.165) is 25.0 Å². The van der Waals surface area contributed by atoms with Gasteiger partial charge >= 0.3 is 6.03 Å². The van der Waals surface area contributed by atoms with Gasteiger partial charge in [0.15, 0.2) is 0 Å². The van der Waals surface area contributed by atoms with Gasteiger partial charge in [-0.15, -0.1) is 11.3 Å². The van der Waals surface area contributed by atoms with E-state index < -0.39 is 0 Å². The van der Waals surface area contributed by atoms with Crippen molar-refractivity contribution in [2.24, 2.45) is 0 Å². The Morgan fingerprint density at radius 2 is 2.00 bits per heavy atom. The fraction of sp³-hybridized carbons (Fsp3) is 0.235. The van der Waals surface area contributed by atoms with E-state index in [9.17, 15) is 4.79 Å². The summed E-state index contributed by atoms with van der Waals surface area (Å²) in [6.07, 6.45) is 3.20. The highest BCUT2D eigenvalue weighted by atomic mass is 32.1. The molecule has 0 fully saturated rings. The summed E-state index contributed by atoms with van der Waals surface area (Å²) in [6, 6.07) is 12.4. The zero-order chi connectivity index (χ0) is 14.2.